The first-order valence-corrected chi connectivity index (χ1v) is 4.90. The van der Waals surface area contributed by atoms with Gasteiger partial charge in [-0.05, 0) is 13.8 Å². The molecule has 0 aliphatic heterocycles. The average Bonchev–Trinajstić information content (AvgIpc) is 2.23. The second kappa shape index (κ2) is 5.60. The summed E-state index contributed by atoms with van der Waals surface area (Å²) in [5, 5.41) is 0. The normalized spacial score (nSPS) is 12.5. The predicted molar refractivity (Wildman–Crippen MR) is 55.1 cm³/mol. The van der Waals surface area contributed by atoms with Crippen molar-refractivity contribution in [2.45, 2.75) is 20.0 Å². The molecule has 1 atom stereocenters. The van der Waals surface area contributed by atoms with Gasteiger partial charge < -0.3 is 15.2 Å². The van der Waals surface area contributed by atoms with Gasteiger partial charge in [0.05, 0.1) is 6.61 Å². The third-order valence-electron chi connectivity index (χ3n) is 1.79. The SMILES string of the molecule is CCOCC(C)Oc1nc(N)c(F)cc1F. The molecule has 0 spiro atoms. The molecule has 1 rings (SSSR count). The standard InChI is InChI=1S/C10H14F2N2O2/c1-3-15-5-6(2)16-10-8(12)4-7(11)9(13)14-10/h4,6H,3,5H2,1-2H3,(H2,13,14). The topological polar surface area (TPSA) is 57.4 Å². The number of hydrogen-bond acceptors (Lipinski definition) is 4. The molecular weight excluding hydrogens is 218 g/mol. The zero-order valence-electron chi connectivity index (χ0n) is 9.17. The van der Waals surface area contributed by atoms with Crippen LogP contribution in [0.5, 0.6) is 5.88 Å². The summed E-state index contributed by atoms with van der Waals surface area (Å²) in [4.78, 5) is 3.47. The summed E-state index contributed by atoms with van der Waals surface area (Å²) in [6.45, 7) is 4.36. The molecule has 0 saturated carbocycles. The molecule has 0 aromatic carbocycles. The summed E-state index contributed by atoms with van der Waals surface area (Å²) in [7, 11) is 0. The Hall–Kier alpha value is -1.43. The minimum absolute atomic E-state index is 0.300. The summed E-state index contributed by atoms with van der Waals surface area (Å²) in [6, 6.07) is 0.644. The van der Waals surface area contributed by atoms with Gasteiger partial charge in [-0.1, -0.05) is 0 Å². The van der Waals surface area contributed by atoms with Crippen LogP contribution in [0.2, 0.25) is 0 Å². The van der Waals surface area contributed by atoms with Gasteiger partial charge in [0.1, 0.15) is 6.10 Å². The van der Waals surface area contributed by atoms with Crippen LogP contribution in [-0.4, -0.2) is 24.3 Å². The zero-order valence-corrected chi connectivity index (χ0v) is 9.17. The molecule has 0 radical (unpaired) electrons. The quantitative estimate of drug-likeness (QED) is 0.840. The largest absolute Gasteiger partial charge is 0.470 e. The minimum atomic E-state index is -0.901. The lowest BCUT2D eigenvalue weighted by molar-refractivity contribution is 0.0611. The Morgan fingerprint density at radius 1 is 1.44 bits per heavy atom. The summed E-state index contributed by atoms with van der Waals surface area (Å²) < 4.78 is 36.2. The molecule has 90 valence electrons. The summed E-state index contributed by atoms with van der Waals surface area (Å²) in [6.07, 6.45) is -0.383. The third-order valence-corrected chi connectivity index (χ3v) is 1.79. The second-order valence-corrected chi connectivity index (χ2v) is 3.23. The van der Waals surface area contributed by atoms with Gasteiger partial charge in [-0.25, -0.2) is 8.78 Å². The van der Waals surface area contributed by atoms with Crippen molar-refractivity contribution in [2.24, 2.45) is 0 Å². The van der Waals surface area contributed by atoms with Gasteiger partial charge in [-0.3, -0.25) is 0 Å². The molecule has 0 fully saturated rings. The smallest absolute Gasteiger partial charge is 0.252 e. The fourth-order valence-corrected chi connectivity index (χ4v) is 1.05. The summed E-state index contributed by atoms with van der Waals surface area (Å²) >= 11 is 0. The number of nitrogen functional groups attached to an aromatic ring is 1. The fraction of sp³-hybridized carbons (Fsp3) is 0.500. The lowest BCUT2D eigenvalue weighted by Gasteiger charge is -2.14. The highest BCUT2D eigenvalue weighted by molar-refractivity contribution is 5.34. The van der Waals surface area contributed by atoms with Crippen LogP contribution in [0, 0.1) is 11.6 Å². The minimum Gasteiger partial charge on any atom is -0.470 e. The summed E-state index contributed by atoms with van der Waals surface area (Å²) in [5.74, 6) is -2.48. The Balaban J connectivity index is 2.69. The zero-order chi connectivity index (χ0) is 12.1. The van der Waals surface area contributed by atoms with E-state index in [-0.39, 0.29) is 17.8 Å². The van der Waals surface area contributed by atoms with Crippen LogP contribution < -0.4 is 10.5 Å². The molecule has 16 heavy (non-hydrogen) atoms. The van der Waals surface area contributed by atoms with E-state index < -0.39 is 11.6 Å². The van der Waals surface area contributed by atoms with Crippen molar-refractivity contribution in [3.8, 4) is 5.88 Å². The molecule has 0 amide bonds. The Morgan fingerprint density at radius 3 is 2.75 bits per heavy atom. The molecule has 1 aromatic heterocycles. The van der Waals surface area contributed by atoms with Gasteiger partial charge in [0.25, 0.3) is 5.88 Å². The second-order valence-electron chi connectivity index (χ2n) is 3.23. The lowest BCUT2D eigenvalue weighted by Crippen LogP contribution is -2.20. The monoisotopic (exact) mass is 232 g/mol. The van der Waals surface area contributed by atoms with Crippen LogP contribution in [0.4, 0.5) is 14.6 Å². The maximum Gasteiger partial charge on any atom is 0.252 e. The molecule has 1 unspecified atom stereocenters. The molecule has 0 aliphatic rings. The van der Waals surface area contributed by atoms with Crippen molar-refractivity contribution < 1.29 is 18.3 Å². The van der Waals surface area contributed by atoms with Gasteiger partial charge in [0.15, 0.2) is 17.5 Å². The van der Waals surface area contributed by atoms with Crippen LogP contribution in [-0.2, 0) is 4.74 Å². The number of hydrogen-bond donors (Lipinski definition) is 1. The maximum atomic E-state index is 13.2. The van der Waals surface area contributed by atoms with Crippen LogP contribution >= 0.6 is 0 Å². The number of nitrogens with zero attached hydrogens (tertiary/aromatic N) is 1. The highest BCUT2D eigenvalue weighted by Crippen LogP contribution is 2.19. The number of ether oxygens (including phenoxy) is 2. The third kappa shape index (κ3) is 3.30. The predicted octanol–water partition coefficient (Wildman–Crippen LogP) is 1.75. The molecule has 4 nitrogen and oxygen atoms in total. The van der Waals surface area contributed by atoms with E-state index in [2.05, 4.69) is 4.98 Å². The Bertz CT molecular complexity index is 361. The molecule has 1 aromatic rings. The van der Waals surface area contributed by atoms with E-state index in [4.69, 9.17) is 15.2 Å². The molecule has 6 heteroatoms. The van der Waals surface area contributed by atoms with Gasteiger partial charge in [-0.15, -0.1) is 0 Å². The number of rotatable bonds is 5. The van der Waals surface area contributed by atoms with Crippen molar-refractivity contribution in [1.29, 1.82) is 0 Å². The number of anilines is 1. The van der Waals surface area contributed by atoms with Gasteiger partial charge in [0, 0.05) is 12.7 Å². The molecule has 0 aliphatic carbocycles. The number of aromatic nitrogens is 1. The van der Waals surface area contributed by atoms with E-state index >= 15 is 0 Å². The van der Waals surface area contributed by atoms with E-state index in [9.17, 15) is 8.78 Å². The van der Waals surface area contributed by atoms with Gasteiger partial charge >= 0.3 is 0 Å². The lowest BCUT2D eigenvalue weighted by atomic mass is 10.4. The van der Waals surface area contributed by atoms with Crippen LogP contribution in [0.1, 0.15) is 13.8 Å². The van der Waals surface area contributed by atoms with Crippen molar-refractivity contribution in [3.05, 3.63) is 17.7 Å². The van der Waals surface area contributed by atoms with E-state index in [0.29, 0.717) is 19.3 Å². The molecule has 1 heterocycles. The Morgan fingerprint density at radius 2 is 2.12 bits per heavy atom. The fourth-order valence-electron chi connectivity index (χ4n) is 1.05. The van der Waals surface area contributed by atoms with Crippen molar-refractivity contribution in [1.82, 2.24) is 4.98 Å². The number of halogens is 2. The Kier molecular flexibility index (Phi) is 4.42. The first-order chi connectivity index (χ1) is 7.54. The molecule has 0 bridgehead atoms. The van der Waals surface area contributed by atoms with E-state index in [1.165, 1.54) is 0 Å². The van der Waals surface area contributed by atoms with E-state index in [0.717, 1.165) is 0 Å². The van der Waals surface area contributed by atoms with E-state index in [1.54, 1.807) is 6.92 Å². The average molecular weight is 232 g/mol. The number of pyridine rings is 1. The van der Waals surface area contributed by atoms with Crippen LogP contribution in [0.15, 0.2) is 6.07 Å². The maximum absolute atomic E-state index is 13.2. The first-order valence-electron chi connectivity index (χ1n) is 4.90. The number of nitrogens with two attached hydrogens (primary N) is 1. The van der Waals surface area contributed by atoms with E-state index in [1.807, 2.05) is 6.92 Å². The highest BCUT2D eigenvalue weighted by atomic mass is 19.1. The van der Waals surface area contributed by atoms with Gasteiger partial charge in [0.2, 0.25) is 0 Å². The van der Waals surface area contributed by atoms with Crippen LogP contribution in [0.25, 0.3) is 0 Å². The van der Waals surface area contributed by atoms with Crippen molar-refractivity contribution >= 4 is 5.82 Å². The molecular formula is C10H14F2N2O2. The van der Waals surface area contributed by atoms with Crippen LogP contribution in [0.3, 0.4) is 0 Å². The first kappa shape index (κ1) is 12.6. The summed E-state index contributed by atoms with van der Waals surface area (Å²) in [5.41, 5.74) is 5.20. The van der Waals surface area contributed by atoms with Gasteiger partial charge in [-0.2, -0.15) is 4.98 Å². The van der Waals surface area contributed by atoms with Crippen molar-refractivity contribution in [2.75, 3.05) is 18.9 Å². The van der Waals surface area contributed by atoms with Crippen molar-refractivity contribution in [3.63, 3.8) is 0 Å². The molecule has 0 saturated heterocycles. The highest BCUT2D eigenvalue weighted by Gasteiger charge is 2.13. The molecule has 2 N–H and O–H groups in total. The Labute approximate surface area is 92.4 Å².